The molecule has 0 saturated heterocycles. The number of halogens is 1. The fourth-order valence-corrected chi connectivity index (χ4v) is 1.13. The fourth-order valence-electron chi connectivity index (χ4n) is 0.620. The quantitative estimate of drug-likeness (QED) is 0.552. The van der Waals surface area contributed by atoms with E-state index in [1.807, 2.05) is 12.2 Å². The van der Waals surface area contributed by atoms with Crippen LogP contribution in [0.3, 0.4) is 0 Å². The van der Waals surface area contributed by atoms with Gasteiger partial charge in [-0.1, -0.05) is 12.2 Å². The standard InChI is InChI=1S/C6H8BrN/c1-5-3-2-4-6(7)8-5/h2-5,8H,1H3. The van der Waals surface area contributed by atoms with Crippen molar-refractivity contribution in [3.05, 3.63) is 22.8 Å². The van der Waals surface area contributed by atoms with Crippen molar-refractivity contribution in [3.63, 3.8) is 0 Å². The lowest BCUT2D eigenvalue weighted by Crippen LogP contribution is -2.22. The number of hydrogen-bond donors (Lipinski definition) is 1. The van der Waals surface area contributed by atoms with Crippen LogP contribution in [0.25, 0.3) is 0 Å². The van der Waals surface area contributed by atoms with E-state index in [1.165, 1.54) is 0 Å². The lowest BCUT2D eigenvalue weighted by atomic mass is 10.2. The molecule has 1 nitrogen and oxygen atoms in total. The van der Waals surface area contributed by atoms with Gasteiger partial charge in [0.25, 0.3) is 0 Å². The van der Waals surface area contributed by atoms with E-state index in [9.17, 15) is 0 Å². The monoisotopic (exact) mass is 173 g/mol. The Kier molecular flexibility index (Phi) is 1.73. The minimum absolute atomic E-state index is 0.467. The molecule has 0 bridgehead atoms. The summed E-state index contributed by atoms with van der Waals surface area (Å²) in [6, 6.07) is 0.467. The Bertz CT molecular complexity index is 137. The molecule has 1 aliphatic rings. The maximum absolute atomic E-state index is 3.33. The molecular formula is C6H8BrN. The van der Waals surface area contributed by atoms with Gasteiger partial charge in [-0.05, 0) is 28.9 Å². The molecule has 0 saturated carbocycles. The van der Waals surface area contributed by atoms with E-state index in [0.717, 1.165) is 4.61 Å². The van der Waals surface area contributed by atoms with Gasteiger partial charge >= 0.3 is 0 Å². The molecule has 0 spiro atoms. The highest BCUT2D eigenvalue weighted by atomic mass is 79.9. The van der Waals surface area contributed by atoms with Gasteiger partial charge in [0.05, 0.1) is 4.61 Å². The lowest BCUT2D eigenvalue weighted by Gasteiger charge is -2.12. The number of rotatable bonds is 0. The van der Waals surface area contributed by atoms with E-state index in [0.29, 0.717) is 6.04 Å². The van der Waals surface area contributed by atoms with Crippen molar-refractivity contribution in [3.8, 4) is 0 Å². The Morgan fingerprint density at radius 1 is 1.75 bits per heavy atom. The van der Waals surface area contributed by atoms with Gasteiger partial charge in [-0.25, -0.2) is 0 Å². The Balaban J connectivity index is 2.59. The van der Waals surface area contributed by atoms with E-state index in [2.05, 4.69) is 34.2 Å². The predicted molar refractivity (Wildman–Crippen MR) is 38.7 cm³/mol. The highest BCUT2D eigenvalue weighted by molar-refractivity contribution is 9.11. The first kappa shape index (κ1) is 5.89. The Labute approximate surface area is 57.6 Å². The summed E-state index contributed by atoms with van der Waals surface area (Å²) < 4.78 is 1.06. The van der Waals surface area contributed by atoms with Crippen LogP contribution in [-0.2, 0) is 0 Å². The summed E-state index contributed by atoms with van der Waals surface area (Å²) in [6.45, 7) is 2.10. The van der Waals surface area contributed by atoms with Gasteiger partial charge in [-0.15, -0.1) is 0 Å². The summed E-state index contributed by atoms with van der Waals surface area (Å²) in [6.07, 6.45) is 6.12. The van der Waals surface area contributed by atoms with E-state index < -0.39 is 0 Å². The zero-order valence-corrected chi connectivity index (χ0v) is 6.27. The van der Waals surface area contributed by atoms with Gasteiger partial charge in [0.1, 0.15) is 0 Å². The van der Waals surface area contributed by atoms with Crippen molar-refractivity contribution < 1.29 is 0 Å². The van der Waals surface area contributed by atoms with Crippen LogP contribution >= 0.6 is 15.9 Å². The van der Waals surface area contributed by atoms with Crippen LogP contribution in [-0.4, -0.2) is 6.04 Å². The topological polar surface area (TPSA) is 12.0 Å². The maximum Gasteiger partial charge on any atom is 0.0784 e. The van der Waals surface area contributed by atoms with E-state index in [4.69, 9.17) is 0 Å². The number of nitrogens with one attached hydrogen (secondary N) is 1. The second kappa shape index (κ2) is 2.35. The third-order valence-electron chi connectivity index (χ3n) is 1.01. The highest BCUT2D eigenvalue weighted by Gasteiger charge is 1.98. The molecule has 0 radical (unpaired) electrons. The molecule has 1 atom stereocenters. The van der Waals surface area contributed by atoms with Crippen molar-refractivity contribution in [1.82, 2.24) is 5.32 Å². The third kappa shape index (κ3) is 1.37. The van der Waals surface area contributed by atoms with Crippen LogP contribution in [0.2, 0.25) is 0 Å². The highest BCUT2D eigenvalue weighted by Crippen LogP contribution is 2.06. The maximum atomic E-state index is 3.33. The van der Waals surface area contributed by atoms with Crippen LogP contribution < -0.4 is 5.32 Å². The molecule has 8 heavy (non-hydrogen) atoms. The Morgan fingerprint density at radius 2 is 2.50 bits per heavy atom. The Morgan fingerprint density at radius 3 is 2.88 bits per heavy atom. The second-order valence-electron chi connectivity index (χ2n) is 1.83. The second-order valence-corrected chi connectivity index (χ2v) is 2.69. The normalized spacial score (nSPS) is 26.8. The molecule has 1 aliphatic heterocycles. The van der Waals surface area contributed by atoms with Crippen LogP contribution in [0.1, 0.15) is 6.92 Å². The van der Waals surface area contributed by atoms with E-state index in [1.54, 1.807) is 0 Å². The summed E-state index contributed by atoms with van der Waals surface area (Å²) in [5.74, 6) is 0. The zero-order valence-electron chi connectivity index (χ0n) is 4.69. The average Bonchev–Trinajstić information content (AvgIpc) is 1.64. The zero-order chi connectivity index (χ0) is 5.98. The summed E-state index contributed by atoms with van der Waals surface area (Å²) in [5, 5.41) is 3.17. The minimum atomic E-state index is 0.467. The number of allylic oxidation sites excluding steroid dienone is 2. The van der Waals surface area contributed by atoms with Crippen molar-refractivity contribution in [1.29, 1.82) is 0 Å². The van der Waals surface area contributed by atoms with E-state index in [-0.39, 0.29) is 0 Å². The first-order valence-electron chi connectivity index (χ1n) is 2.59. The van der Waals surface area contributed by atoms with Crippen LogP contribution in [0.5, 0.6) is 0 Å². The molecule has 1 unspecified atom stereocenters. The van der Waals surface area contributed by atoms with Crippen molar-refractivity contribution in [2.75, 3.05) is 0 Å². The first-order valence-corrected chi connectivity index (χ1v) is 3.39. The van der Waals surface area contributed by atoms with Gasteiger partial charge in [-0.2, -0.15) is 0 Å². The van der Waals surface area contributed by atoms with Gasteiger partial charge in [0.2, 0.25) is 0 Å². The van der Waals surface area contributed by atoms with Crippen LogP contribution in [0.4, 0.5) is 0 Å². The van der Waals surface area contributed by atoms with Crippen molar-refractivity contribution in [2.24, 2.45) is 0 Å². The molecule has 0 aromatic carbocycles. The summed E-state index contributed by atoms with van der Waals surface area (Å²) >= 11 is 3.33. The fraction of sp³-hybridized carbons (Fsp3) is 0.333. The summed E-state index contributed by atoms with van der Waals surface area (Å²) in [7, 11) is 0. The third-order valence-corrected chi connectivity index (χ3v) is 1.50. The SMILES string of the molecule is CC1C=CC=C(Br)N1. The van der Waals surface area contributed by atoms with Gasteiger partial charge in [-0.3, -0.25) is 0 Å². The van der Waals surface area contributed by atoms with Gasteiger partial charge < -0.3 is 5.32 Å². The molecule has 44 valence electrons. The van der Waals surface area contributed by atoms with Gasteiger partial charge in [0.15, 0.2) is 0 Å². The Hall–Kier alpha value is -0.240. The number of hydrogen-bond acceptors (Lipinski definition) is 1. The predicted octanol–water partition coefficient (Wildman–Crippen LogP) is 1.77. The van der Waals surface area contributed by atoms with Gasteiger partial charge in [0, 0.05) is 6.04 Å². The molecular weight excluding hydrogens is 166 g/mol. The number of dihydropyridines is 1. The van der Waals surface area contributed by atoms with Crippen molar-refractivity contribution >= 4 is 15.9 Å². The molecule has 0 aromatic heterocycles. The lowest BCUT2D eigenvalue weighted by molar-refractivity contribution is 0.753. The molecule has 1 N–H and O–H groups in total. The smallest absolute Gasteiger partial charge is 0.0784 e. The summed E-state index contributed by atoms with van der Waals surface area (Å²) in [5.41, 5.74) is 0. The summed E-state index contributed by atoms with van der Waals surface area (Å²) in [4.78, 5) is 0. The molecule has 1 rings (SSSR count). The van der Waals surface area contributed by atoms with Crippen LogP contribution in [0, 0.1) is 0 Å². The molecule has 0 aliphatic carbocycles. The van der Waals surface area contributed by atoms with Crippen molar-refractivity contribution in [2.45, 2.75) is 13.0 Å². The molecule has 2 heteroatoms. The molecule has 0 aromatic rings. The van der Waals surface area contributed by atoms with E-state index >= 15 is 0 Å². The largest absolute Gasteiger partial charge is 0.373 e. The molecule has 0 amide bonds. The van der Waals surface area contributed by atoms with Crippen LogP contribution in [0.15, 0.2) is 22.8 Å². The average molecular weight is 174 g/mol. The minimum Gasteiger partial charge on any atom is -0.373 e. The molecule has 0 fully saturated rings. The molecule has 1 heterocycles. The first-order chi connectivity index (χ1) is 3.79.